The van der Waals surface area contributed by atoms with E-state index in [1.54, 1.807) is 7.11 Å². The fourth-order valence-electron chi connectivity index (χ4n) is 2.42. The zero-order valence-corrected chi connectivity index (χ0v) is 14.7. The van der Waals surface area contributed by atoms with E-state index in [4.69, 9.17) is 9.47 Å². The van der Waals surface area contributed by atoms with Gasteiger partial charge in [-0.3, -0.25) is 0 Å². The van der Waals surface area contributed by atoms with Gasteiger partial charge < -0.3 is 14.9 Å². The van der Waals surface area contributed by atoms with Crippen molar-refractivity contribution in [3.8, 4) is 11.5 Å². The van der Waals surface area contributed by atoms with Crippen molar-refractivity contribution in [2.75, 3.05) is 19.1 Å². The van der Waals surface area contributed by atoms with Crippen molar-refractivity contribution >= 4 is 5.69 Å². The number of nitrogens with one attached hydrogen (secondary N) is 2. The molecule has 0 unspecified atom stereocenters. The van der Waals surface area contributed by atoms with Crippen molar-refractivity contribution in [3.05, 3.63) is 54.1 Å². The molecule has 0 radical (unpaired) electrons. The molecule has 0 aliphatic rings. The van der Waals surface area contributed by atoms with Crippen molar-refractivity contribution in [2.45, 2.75) is 39.2 Å². The van der Waals surface area contributed by atoms with Gasteiger partial charge in [0.1, 0.15) is 0 Å². The molecule has 2 rings (SSSR count). The smallest absolute Gasteiger partial charge is 0.161 e. The van der Waals surface area contributed by atoms with Crippen molar-refractivity contribution in [2.24, 2.45) is 0 Å². The van der Waals surface area contributed by atoms with Crippen LogP contribution in [0.4, 0.5) is 5.69 Å². The lowest BCUT2D eigenvalue weighted by Gasteiger charge is -2.13. The van der Waals surface area contributed by atoms with E-state index in [0.29, 0.717) is 6.54 Å². The van der Waals surface area contributed by atoms with Gasteiger partial charge in [0.2, 0.25) is 0 Å². The van der Waals surface area contributed by atoms with Crippen LogP contribution in [0.1, 0.15) is 38.2 Å². The number of para-hydroxylation sites is 1. The number of hydrogen-bond donors (Lipinski definition) is 2. The number of methoxy groups -OCH3 is 1. The van der Waals surface area contributed by atoms with Gasteiger partial charge in [0, 0.05) is 12.2 Å². The molecule has 0 aliphatic carbocycles. The third kappa shape index (κ3) is 6.13. The van der Waals surface area contributed by atoms with Crippen molar-refractivity contribution in [3.63, 3.8) is 0 Å². The second-order valence-corrected chi connectivity index (χ2v) is 5.74. The number of hydrogen-bond acceptors (Lipinski definition) is 4. The van der Waals surface area contributed by atoms with Gasteiger partial charge in [-0.15, -0.1) is 0 Å². The van der Waals surface area contributed by atoms with Gasteiger partial charge in [0.15, 0.2) is 11.5 Å². The molecule has 0 amide bonds. The molecule has 0 fully saturated rings. The van der Waals surface area contributed by atoms with Crippen LogP contribution >= 0.6 is 0 Å². The lowest BCUT2D eigenvalue weighted by Crippen LogP contribution is -2.20. The predicted octanol–water partition coefficient (Wildman–Crippen LogP) is 4.77. The Hall–Kier alpha value is -2.20. The molecule has 2 aromatic carbocycles. The Morgan fingerprint density at radius 3 is 2.50 bits per heavy atom. The second kappa shape index (κ2) is 10.6. The summed E-state index contributed by atoms with van der Waals surface area (Å²) in [6.45, 7) is 3.65. The summed E-state index contributed by atoms with van der Waals surface area (Å²) in [4.78, 5) is 0. The first-order valence-electron chi connectivity index (χ1n) is 8.67. The number of rotatable bonds is 11. The zero-order chi connectivity index (χ0) is 17.0. The zero-order valence-electron chi connectivity index (χ0n) is 14.7. The van der Waals surface area contributed by atoms with Crippen LogP contribution in [0, 0.1) is 0 Å². The molecular formula is C20H28N2O2. The largest absolute Gasteiger partial charge is 0.493 e. The first kappa shape index (κ1) is 18.1. The third-order valence-electron chi connectivity index (χ3n) is 3.78. The Labute approximate surface area is 145 Å². The monoisotopic (exact) mass is 328 g/mol. The summed E-state index contributed by atoms with van der Waals surface area (Å²) in [6.07, 6.45) is 4.80. The van der Waals surface area contributed by atoms with Crippen LogP contribution in [0.15, 0.2) is 48.5 Å². The lowest BCUT2D eigenvalue weighted by molar-refractivity contribution is 0.285. The van der Waals surface area contributed by atoms with Gasteiger partial charge in [-0.05, 0) is 36.2 Å². The predicted molar refractivity (Wildman–Crippen MR) is 99.5 cm³/mol. The minimum atomic E-state index is 0.696. The number of hydrazine groups is 1. The standard InChI is InChI=1S/C20H28N2O2/c1-3-4-5-9-14-24-19-13-12-17(15-20(19)23-2)16-21-22-18-10-7-6-8-11-18/h6-8,10-13,15,21-22H,3-5,9,14,16H2,1-2H3. The molecule has 130 valence electrons. The molecule has 4 heteroatoms. The van der Waals surface area contributed by atoms with Crippen LogP contribution in [0.5, 0.6) is 11.5 Å². The molecule has 2 N–H and O–H groups in total. The average Bonchev–Trinajstić information content (AvgIpc) is 2.63. The molecule has 0 aromatic heterocycles. The van der Waals surface area contributed by atoms with Gasteiger partial charge in [0.25, 0.3) is 0 Å². The first-order valence-corrected chi connectivity index (χ1v) is 8.67. The molecular weight excluding hydrogens is 300 g/mol. The van der Waals surface area contributed by atoms with E-state index in [1.807, 2.05) is 42.5 Å². The van der Waals surface area contributed by atoms with Crippen molar-refractivity contribution in [1.82, 2.24) is 5.43 Å². The van der Waals surface area contributed by atoms with Crippen molar-refractivity contribution in [1.29, 1.82) is 0 Å². The SMILES string of the molecule is CCCCCCOc1ccc(CNNc2ccccc2)cc1OC. The molecule has 0 spiro atoms. The summed E-state index contributed by atoms with van der Waals surface area (Å²) in [5.41, 5.74) is 8.56. The number of ether oxygens (including phenoxy) is 2. The number of anilines is 1. The Morgan fingerprint density at radius 1 is 0.917 bits per heavy atom. The quantitative estimate of drug-likeness (QED) is 0.460. The Bertz CT molecular complexity index is 587. The molecule has 4 nitrogen and oxygen atoms in total. The average molecular weight is 328 g/mol. The Morgan fingerprint density at radius 2 is 1.75 bits per heavy atom. The Kier molecular flexibility index (Phi) is 7.98. The van der Waals surface area contributed by atoms with Crippen LogP contribution in [-0.2, 0) is 6.54 Å². The van der Waals surface area contributed by atoms with E-state index >= 15 is 0 Å². The van der Waals surface area contributed by atoms with Gasteiger partial charge in [-0.25, -0.2) is 5.43 Å². The first-order chi connectivity index (χ1) is 11.8. The molecule has 0 saturated heterocycles. The molecule has 24 heavy (non-hydrogen) atoms. The van der Waals surface area contributed by atoms with E-state index in [9.17, 15) is 0 Å². The second-order valence-electron chi connectivity index (χ2n) is 5.74. The summed E-state index contributed by atoms with van der Waals surface area (Å²) in [6, 6.07) is 16.1. The number of unbranched alkanes of at least 4 members (excludes halogenated alkanes) is 3. The maximum atomic E-state index is 5.84. The van der Waals surface area contributed by atoms with Gasteiger partial charge in [0.05, 0.1) is 13.7 Å². The lowest BCUT2D eigenvalue weighted by atomic mass is 10.2. The highest BCUT2D eigenvalue weighted by Crippen LogP contribution is 2.28. The fraction of sp³-hybridized carbons (Fsp3) is 0.400. The molecule has 0 aliphatic heterocycles. The summed E-state index contributed by atoms with van der Waals surface area (Å²) >= 11 is 0. The molecule has 0 heterocycles. The minimum Gasteiger partial charge on any atom is -0.493 e. The van der Waals surface area contributed by atoms with Gasteiger partial charge >= 0.3 is 0 Å². The third-order valence-corrected chi connectivity index (χ3v) is 3.78. The summed E-state index contributed by atoms with van der Waals surface area (Å²) in [5.74, 6) is 1.60. The van der Waals surface area contributed by atoms with Crippen LogP contribution in [0.2, 0.25) is 0 Å². The number of benzene rings is 2. The summed E-state index contributed by atoms with van der Waals surface area (Å²) in [7, 11) is 1.68. The van der Waals surface area contributed by atoms with Crippen LogP contribution in [0.3, 0.4) is 0 Å². The van der Waals surface area contributed by atoms with E-state index in [-0.39, 0.29) is 0 Å². The maximum Gasteiger partial charge on any atom is 0.161 e. The maximum absolute atomic E-state index is 5.84. The van der Waals surface area contributed by atoms with Crippen LogP contribution in [0.25, 0.3) is 0 Å². The highest BCUT2D eigenvalue weighted by molar-refractivity contribution is 5.44. The summed E-state index contributed by atoms with van der Waals surface area (Å²) in [5, 5.41) is 0. The Balaban J connectivity index is 1.81. The topological polar surface area (TPSA) is 42.5 Å². The molecule has 0 bridgehead atoms. The van der Waals surface area contributed by atoms with E-state index in [1.165, 1.54) is 19.3 Å². The highest BCUT2D eigenvalue weighted by atomic mass is 16.5. The van der Waals surface area contributed by atoms with Crippen LogP contribution < -0.4 is 20.3 Å². The van der Waals surface area contributed by atoms with Crippen molar-refractivity contribution < 1.29 is 9.47 Å². The van der Waals surface area contributed by atoms with E-state index in [0.717, 1.165) is 35.8 Å². The molecule has 0 atom stereocenters. The molecule has 2 aromatic rings. The van der Waals surface area contributed by atoms with E-state index in [2.05, 4.69) is 23.8 Å². The highest BCUT2D eigenvalue weighted by Gasteiger charge is 2.06. The normalized spacial score (nSPS) is 10.4. The van der Waals surface area contributed by atoms with Crippen LogP contribution in [-0.4, -0.2) is 13.7 Å². The van der Waals surface area contributed by atoms with E-state index < -0.39 is 0 Å². The van der Waals surface area contributed by atoms with Gasteiger partial charge in [-0.1, -0.05) is 50.5 Å². The minimum absolute atomic E-state index is 0.696. The van der Waals surface area contributed by atoms with Gasteiger partial charge in [-0.2, -0.15) is 0 Å². The summed E-state index contributed by atoms with van der Waals surface area (Å²) < 4.78 is 11.3. The molecule has 0 saturated carbocycles. The fourth-order valence-corrected chi connectivity index (χ4v) is 2.42.